The van der Waals surface area contributed by atoms with E-state index in [1.807, 2.05) is 45.0 Å². The Hall–Kier alpha value is -2.58. The van der Waals surface area contributed by atoms with Crippen molar-refractivity contribution in [1.82, 2.24) is 9.21 Å². The summed E-state index contributed by atoms with van der Waals surface area (Å²) in [6.45, 7) is 7.37. The van der Waals surface area contributed by atoms with Gasteiger partial charge in [-0.15, -0.1) is 0 Å². The molecule has 178 valence electrons. The average molecular weight is 473 g/mol. The molecule has 8 heteroatoms. The smallest absolute Gasteiger partial charge is 0.254 e. The van der Waals surface area contributed by atoms with Crippen LogP contribution >= 0.6 is 0 Å². The van der Waals surface area contributed by atoms with Gasteiger partial charge < -0.3 is 14.4 Å². The van der Waals surface area contributed by atoms with E-state index in [1.165, 1.54) is 6.07 Å². The number of benzene rings is 2. The van der Waals surface area contributed by atoms with E-state index in [1.54, 1.807) is 21.3 Å². The second kappa shape index (κ2) is 9.73. The Morgan fingerprint density at radius 1 is 1.15 bits per heavy atom. The highest BCUT2D eigenvalue weighted by Crippen LogP contribution is 2.31. The molecule has 1 saturated heterocycles. The van der Waals surface area contributed by atoms with E-state index in [2.05, 4.69) is 0 Å². The molecular weight excluding hydrogens is 440 g/mol. The minimum Gasteiger partial charge on any atom is -0.486 e. The van der Waals surface area contributed by atoms with Gasteiger partial charge in [0.15, 0.2) is 17.6 Å². The normalized spacial score (nSPS) is 20.9. The number of likely N-dealkylation sites (N-methyl/N-ethyl adjacent to an activating group) is 1. The molecule has 0 bridgehead atoms. The summed E-state index contributed by atoms with van der Waals surface area (Å²) in [7, 11) is -3.66. The summed E-state index contributed by atoms with van der Waals surface area (Å²) in [4.78, 5) is 15.3. The van der Waals surface area contributed by atoms with Crippen molar-refractivity contribution < 1.29 is 22.7 Å². The van der Waals surface area contributed by atoms with Crippen LogP contribution in [0.5, 0.6) is 11.5 Å². The van der Waals surface area contributed by atoms with Crippen LogP contribution in [0.3, 0.4) is 0 Å². The predicted octanol–water partition coefficient (Wildman–Crippen LogP) is 3.86. The van der Waals surface area contributed by atoms with Gasteiger partial charge in [-0.05, 0) is 63.4 Å². The van der Waals surface area contributed by atoms with Crippen molar-refractivity contribution in [3.05, 3.63) is 53.6 Å². The molecule has 7 nitrogen and oxygen atoms in total. The number of aryl methyl sites for hydroxylation is 1. The van der Waals surface area contributed by atoms with E-state index in [0.29, 0.717) is 43.3 Å². The highest BCUT2D eigenvalue weighted by molar-refractivity contribution is 7.89. The molecule has 2 heterocycles. The number of nitrogens with zero attached hydrogens (tertiary/aromatic N) is 2. The zero-order valence-corrected chi connectivity index (χ0v) is 20.3. The largest absolute Gasteiger partial charge is 0.486 e. The monoisotopic (exact) mass is 472 g/mol. The Kier molecular flexibility index (Phi) is 6.95. The lowest BCUT2D eigenvalue weighted by Crippen LogP contribution is -2.44. The first-order valence-electron chi connectivity index (χ1n) is 11.6. The van der Waals surface area contributed by atoms with Crippen LogP contribution in [0.2, 0.25) is 0 Å². The van der Waals surface area contributed by atoms with Gasteiger partial charge >= 0.3 is 0 Å². The van der Waals surface area contributed by atoms with E-state index < -0.39 is 10.0 Å². The zero-order chi connectivity index (χ0) is 23.6. The third kappa shape index (κ3) is 4.87. The fourth-order valence-corrected chi connectivity index (χ4v) is 6.21. The molecule has 4 rings (SSSR count). The molecule has 1 amide bonds. The first-order valence-corrected chi connectivity index (χ1v) is 13.1. The van der Waals surface area contributed by atoms with Gasteiger partial charge in [0.05, 0.1) is 11.4 Å². The summed E-state index contributed by atoms with van der Waals surface area (Å²) in [5.74, 6) is 1.15. The van der Waals surface area contributed by atoms with E-state index in [-0.39, 0.29) is 22.9 Å². The van der Waals surface area contributed by atoms with E-state index in [0.717, 1.165) is 24.8 Å². The maximum Gasteiger partial charge on any atom is 0.254 e. The van der Waals surface area contributed by atoms with Gasteiger partial charge in [0.2, 0.25) is 10.0 Å². The van der Waals surface area contributed by atoms with Crippen molar-refractivity contribution in [2.24, 2.45) is 0 Å². The Morgan fingerprint density at radius 2 is 1.91 bits per heavy atom. The van der Waals surface area contributed by atoms with Gasteiger partial charge in [-0.1, -0.05) is 24.6 Å². The molecule has 0 aliphatic carbocycles. The van der Waals surface area contributed by atoms with Gasteiger partial charge in [0.1, 0.15) is 6.61 Å². The molecule has 0 saturated carbocycles. The van der Waals surface area contributed by atoms with Gasteiger partial charge in [0, 0.05) is 24.7 Å². The number of para-hydroxylation sites is 2. The van der Waals surface area contributed by atoms with Crippen LogP contribution in [-0.4, -0.2) is 61.9 Å². The van der Waals surface area contributed by atoms with Crippen LogP contribution in [0.25, 0.3) is 0 Å². The van der Waals surface area contributed by atoms with Crippen molar-refractivity contribution >= 4 is 15.9 Å². The molecule has 0 spiro atoms. The zero-order valence-electron chi connectivity index (χ0n) is 19.5. The maximum atomic E-state index is 13.5. The lowest BCUT2D eigenvalue weighted by molar-refractivity contribution is 0.0474. The molecule has 1 fully saturated rings. The molecule has 2 aromatic carbocycles. The molecular formula is C25H32N2O5S. The fraction of sp³-hybridized carbons (Fsp3) is 0.480. The Labute approximate surface area is 196 Å². The van der Waals surface area contributed by atoms with Crippen molar-refractivity contribution in [3.8, 4) is 11.5 Å². The standard InChI is InChI=1S/C25H32N2O5S/c1-4-26(16-20-17-31-23-10-5-6-11-24(23)32-20)25(28)22-15-21(13-12-18(22)2)33(29,30)27-14-8-7-9-19(27)3/h5-6,10-13,15,19-20H,4,7-9,14,16-17H2,1-3H3. The lowest BCUT2D eigenvalue weighted by atomic mass is 10.1. The summed E-state index contributed by atoms with van der Waals surface area (Å²) >= 11 is 0. The van der Waals surface area contributed by atoms with Crippen molar-refractivity contribution in [3.63, 3.8) is 0 Å². The Bertz CT molecular complexity index is 1120. The fourth-order valence-electron chi connectivity index (χ4n) is 4.48. The summed E-state index contributed by atoms with van der Waals surface area (Å²) in [5, 5.41) is 0. The first kappa shape index (κ1) is 23.6. The van der Waals surface area contributed by atoms with Crippen molar-refractivity contribution in [2.45, 2.75) is 57.1 Å². The summed E-state index contributed by atoms with van der Waals surface area (Å²) in [6, 6.07) is 12.3. The SMILES string of the molecule is CCN(CC1COc2ccccc2O1)C(=O)c1cc(S(=O)(=O)N2CCCCC2C)ccc1C. The average Bonchev–Trinajstić information content (AvgIpc) is 2.82. The number of amides is 1. The Morgan fingerprint density at radius 3 is 2.64 bits per heavy atom. The van der Waals surface area contributed by atoms with Crippen LogP contribution in [-0.2, 0) is 10.0 Å². The highest BCUT2D eigenvalue weighted by Gasteiger charge is 2.32. The van der Waals surface area contributed by atoms with Crippen molar-refractivity contribution in [1.29, 1.82) is 0 Å². The number of hydrogen-bond donors (Lipinski definition) is 0. The van der Waals surface area contributed by atoms with Crippen LogP contribution in [0.4, 0.5) is 0 Å². The first-order chi connectivity index (χ1) is 15.8. The highest BCUT2D eigenvalue weighted by atomic mass is 32.2. The van der Waals surface area contributed by atoms with Crippen molar-refractivity contribution in [2.75, 3.05) is 26.2 Å². The summed E-state index contributed by atoms with van der Waals surface area (Å²) in [6.07, 6.45) is 2.45. The second-order valence-corrected chi connectivity index (χ2v) is 10.7. The van der Waals surface area contributed by atoms with E-state index in [4.69, 9.17) is 9.47 Å². The molecule has 0 N–H and O–H groups in total. The van der Waals surface area contributed by atoms with Crippen LogP contribution in [0.15, 0.2) is 47.4 Å². The van der Waals surface area contributed by atoms with Crippen LogP contribution < -0.4 is 9.47 Å². The van der Waals surface area contributed by atoms with Gasteiger partial charge in [0.25, 0.3) is 5.91 Å². The second-order valence-electron chi connectivity index (χ2n) is 8.78. The lowest BCUT2D eigenvalue weighted by Gasteiger charge is -2.33. The van der Waals surface area contributed by atoms with Crippen LogP contribution in [0.1, 0.15) is 49.0 Å². The molecule has 2 aliphatic heterocycles. The number of sulfonamides is 1. The summed E-state index contributed by atoms with van der Waals surface area (Å²) < 4.78 is 40.0. The molecule has 0 aromatic heterocycles. The predicted molar refractivity (Wildman–Crippen MR) is 126 cm³/mol. The third-order valence-electron chi connectivity index (χ3n) is 6.45. The molecule has 0 radical (unpaired) electrons. The van der Waals surface area contributed by atoms with Gasteiger partial charge in [-0.25, -0.2) is 8.42 Å². The van der Waals surface area contributed by atoms with E-state index >= 15 is 0 Å². The number of carbonyl (C=O) groups is 1. The molecule has 2 unspecified atom stereocenters. The summed E-state index contributed by atoms with van der Waals surface area (Å²) in [5.41, 5.74) is 1.15. The van der Waals surface area contributed by atoms with Crippen LogP contribution in [0, 0.1) is 6.92 Å². The molecule has 2 aliphatic rings. The number of fused-ring (bicyclic) bond motifs is 1. The Balaban J connectivity index is 1.54. The third-order valence-corrected chi connectivity index (χ3v) is 8.46. The topological polar surface area (TPSA) is 76.1 Å². The van der Waals surface area contributed by atoms with Gasteiger partial charge in [-0.2, -0.15) is 4.31 Å². The number of rotatable bonds is 6. The number of ether oxygens (including phenoxy) is 2. The number of hydrogen-bond acceptors (Lipinski definition) is 5. The van der Waals surface area contributed by atoms with E-state index in [9.17, 15) is 13.2 Å². The molecule has 2 atom stereocenters. The minimum atomic E-state index is -3.66. The maximum absolute atomic E-state index is 13.5. The number of piperidine rings is 1. The molecule has 33 heavy (non-hydrogen) atoms. The minimum absolute atomic E-state index is 0.0392. The number of carbonyl (C=O) groups excluding carboxylic acids is 1. The molecule has 2 aromatic rings. The quantitative estimate of drug-likeness (QED) is 0.638. The van der Waals surface area contributed by atoms with Gasteiger partial charge in [-0.3, -0.25) is 4.79 Å².